The van der Waals surface area contributed by atoms with Gasteiger partial charge in [-0.25, -0.2) is 0 Å². The molecule has 1 N–H and O–H groups in total. The molecule has 1 aromatic heterocycles. The van der Waals surface area contributed by atoms with Gasteiger partial charge in [-0.3, -0.25) is 10.00 Å². The van der Waals surface area contributed by atoms with Crippen molar-refractivity contribution in [3.63, 3.8) is 0 Å². The van der Waals surface area contributed by atoms with Gasteiger partial charge >= 0.3 is 0 Å². The minimum absolute atomic E-state index is 0.486. The van der Waals surface area contributed by atoms with Crippen LogP contribution in [0.15, 0.2) is 12.3 Å². The summed E-state index contributed by atoms with van der Waals surface area (Å²) in [6.45, 7) is 2.09. The standard InChI is InChI=1S/C10H13N5/c11-4-1-7-15(8-2-5-12)9-10-3-6-13-14-10/h3,6H,1-2,7-9H2,(H,13,14). The molecule has 0 aromatic carbocycles. The molecular formula is C10H13N5. The molecule has 0 aliphatic carbocycles. The highest BCUT2D eigenvalue weighted by atomic mass is 15.2. The fourth-order valence-electron chi connectivity index (χ4n) is 1.30. The Morgan fingerprint density at radius 1 is 1.27 bits per heavy atom. The number of nitriles is 2. The van der Waals surface area contributed by atoms with Crippen molar-refractivity contribution in [2.75, 3.05) is 13.1 Å². The van der Waals surface area contributed by atoms with E-state index in [4.69, 9.17) is 10.5 Å². The van der Waals surface area contributed by atoms with Crippen LogP contribution in [-0.4, -0.2) is 28.2 Å². The second kappa shape index (κ2) is 6.58. The molecule has 0 unspecified atom stereocenters. The highest BCUT2D eigenvalue weighted by Gasteiger charge is 2.05. The van der Waals surface area contributed by atoms with E-state index in [2.05, 4.69) is 27.2 Å². The van der Waals surface area contributed by atoms with Crippen molar-refractivity contribution >= 4 is 0 Å². The highest BCUT2D eigenvalue weighted by Crippen LogP contribution is 2.02. The average Bonchev–Trinajstić information content (AvgIpc) is 2.74. The number of rotatable bonds is 6. The molecule has 0 radical (unpaired) electrons. The molecule has 0 bridgehead atoms. The molecule has 0 saturated heterocycles. The van der Waals surface area contributed by atoms with Crippen molar-refractivity contribution in [2.24, 2.45) is 0 Å². The predicted molar refractivity (Wildman–Crippen MR) is 54.3 cm³/mol. The van der Waals surface area contributed by atoms with Gasteiger partial charge in [-0.05, 0) is 6.07 Å². The van der Waals surface area contributed by atoms with Gasteiger partial charge < -0.3 is 0 Å². The second-order valence-electron chi connectivity index (χ2n) is 3.17. The van der Waals surface area contributed by atoms with E-state index in [1.807, 2.05) is 6.07 Å². The summed E-state index contributed by atoms with van der Waals surface area (Å²) in [5.41, 5.74) is 1.01. The van der Waals surface area contributed by atoms with E-state index in [-0.39, 0.29) is 0 Å². The van der Waals surface area contributed by atoms with Crippen LogP contribution in [0.4, 0.5) is 0 Å². The van der Waals surface area contributed by atoms with E-state index in [1.165, 1.54) is 0 Å². The lowest BCUT2D eigenvalue weighted by Crippen LogP contribution is -2.25. The van der Waals surface area contributed by atoms with Crippen molar-refractivity contribution in [1.82, 2.24) is 15.1 Å². The molecule has 0 aliphatic heterocycles. The van der Waals surface area contributed by atoms with Crippen LogP contribution >= 0.6 is 0 Å². The van der Waals surface area contributed by atoms with Crippen molar-refractivity contribution in [3.8, 4) is 12.1 Å². The first-order valence-electron chi connectivity index (χ1n) is 4.81. The van der Waals surface area contributed by atoms with Gasteiger partial charge in [0, 0.05) is 44.4 Å². The number of hydrogen-bond donors (Lipinski definition) is 1. The van der Waals surface area contributed by atoms with Gasteiger partial charge in [-0.15, -0.1) is 0 Å². The van der Waals surface area contributed by atoms with E-state index in [1.54, 1.807) is 6.20 Å². The molecule has 0 aliphatic rings. The third kappa shape index (κ3) is 4.26. The summed E-state index contributed by atoms with van der Waals surface area (Å²) in [7, 11) is 0. The van der Waals surface area contributed by atoms with Crippen LogP contribution in [0.2, 0.25) is 0 Å². The lowest BCUT2D eigenvalue weighted by Gasteiger charge is -2.18. The van der Waals surface area contributed by atoms with E-state index in [0.29, 0.717) is 32.5 Å². The SMILES string of the molecule is N#CCCN(CCC#N)Cc1ccn[nH]1. The third-order valence-corrected chi connectivity index (χ3v) is 2.03. The first-order valence-corrected chi connectivity index (χ1v) is 4.81. The van der Waals surface area contributed by atoms with E-state index in [0.717, 1.165) is 5.69 Å². The molecule has 1 rings (SSSR count). The summed E-state index contributed by atoms with van der Waals surface area (Å²) < 4.78 is 0. The van der Waals surface area contributed by atoms with Crippen LogP contribution < -0.4 is 0 Å². The van der Waals surface area contributed by atoms with Crippen molar-refractivity contribution in [1.29, 1.82) is 10.5 Å². The van der Waals surface area contributed by atoms with Crippen LogP contribution in [0.3, 0.4) is 0 Å². The zero-order valence-electron chi connectivity index (χ0n) is 8.48. The maximum Gasteiger partial charge on any atom is 0.0635 e. The van der Waals surface area contributed by atoms with E-state index >= 15 is 0 Å². The Morgan fingerprint density at radius 3 is 2.40 bits per heavy atom. The first-order chi connectivity index (χ1) is 7.36. The molecule has 78 valence electrons. The number of nitrogens with zero attached hydrogens (tertiary/aromatic N) is 4. The fourth-order valence-corrected chi connectivity index (χ4v) is 1.30. The first kappa shape index (κ1) is 11.2. The number of nitrogens with one attached hydrogen (secondary N) is 1. The molecule has 0 fully saturated rings. The van der Waals surface area contributed by atoms with Crippen molar-refractivity contribution < 1.29 is 0 Å². The monoisotopic (exact) mass is 203 g/mol. The average molecular weight is 203 g/mol. The summed E-state index contributed by atoms with van der Waals surface area (Å²) in [6.07, 6.45) is 2.67. The Kier molecular flexibility index (Phi) is 4.93. The summed E-state index contributed by atoms with van der Waals surface area (Å²) in [6, 6.07) is 6.10. The van der Waals surface area contributed by atoms with Crippen LogP contribution in [0, 0.1) is 22.7 Å². The maximum atomic E-state index is 8.50. The Morgan fingerprint density at radius 2 is 1.93 bits per heavy atom. The predicted octanol–water partition coefficient (Wildman–Crippen LogP) is 1.04. The molecule has 0 saturated carbocycles. The smallest absolute Gasteiger partial charge is 0.0635 e. The topological polar surface area (TPSA) is 79.5 Å². The van der Waals surface area contributed by atoms with E-state index < -0.39 is 0 Å². The van der Waals surface area contributed by atoms with Crippen molar-refractivity contribution in [2.45, 2.75) is 19.4 Å². The molecule has 15 heavy (non-hydrogen) atoms. The normalized spacial score (nSPS) is 9.80. The largest absolute Gasteiger partial charge is 0.295 e. The maximum absolute atomic E-state index is 8.50. The Bertz CT molecular complexity index is 325. The quantitative estimate of drug-likeness (QED) is 0.749. The van der Waals surface area contributed by atoms with Gasteiger partial charge in [-0.1, -0.05) is 0 Å². The summed E-state index contributed by atoms with van der Waals surface area (Å²) in [4.78, 5) is 2.07. The molecule has 0 spiro atoms. The molecule has 1 heterocycles. The van der Waals surface area contributed by atoms with Crippen molar-refractivity contribution in [3.05, 3.63) is 18.0 Å². The Balaban J connectivity index is 2.42. The molecule has 5 heteroatoms. The van der Waals surface area contributed by atoms with Gasteiger partial charge in [0.1, 0.15) is 0 Å². The number of hydrogen-bond acceptors (Lipinski definition) is 4. The Hall–Kier alpha value is -1.85. The molecular weight excluding hydrogens is 190 g/mol. The van der Waals surface area contributed by atoms with Gasteiger partial charge in [0.25, 0.3) is 0 Å². The minimum atomic E-state index is 0.486. The lowest BCUT2D eigenvalue weighted by molar-refractivity contribution is 0.274. The second-order valence-corrected chi connectivity index (χ2v) is 3.17. The van der Waals surface area contributed by atoms with Crippen LogP contribution in [0.5, 0.6) is 0 Å². The highest BCUT2D eigenvalue weighted by molar-refractivity contribution is 4.97. The summed E-state index contributed by atoms with van der Waals surface area (Å²) in [5, 5.41) is 23.7. The Labute approximate surface area is 88.9 Å². The zero-order valence-corrected chi connectivity index (χ0v) is 8.48. The van der Waals surface area contributed by atoms with E-state index in [9.17, 15) is 0 Å². The molecule has 0 atom stereocenters. The van der Waals surface area contributed by atoms with Gasteiger partial charge in [0.15, 0.2) is 0 Å². The zero-order chi connectivity index (χ0) is 10.9. The minimum Gasteiger partial charge on any atom is -0.295 e. The van der Waals surface area contributed by atoms with Gasteiger partial charge in [-0.2, -0.15) is 15.6 Å². The van der Waals surface area contributed by atoms with Crippen LogP contribution in [-0.2, 0) is 6.54 Å². The van der Waals surface area contributed by atoms with Crippen LogP contribution in [0.1, 0.15) is 18.5 Å². The summed E-state index contributed by atoms with van der Waals surface area (Å²) in [5.74, 6) is 0. The lowest BCUT2D eigenvalue weighted by atomic mass is 10.3. The number of H-pyrrole nitrogens is 1. The number of aromatic amines is 1. The third-order valence-electron chi connectivity index (χ3n) is 2.03. The van der Waals surface area contributed by atoms with Crippen LogP contribution in [0.25, 0.3) is 0 Å². The van der Waals surface area contributed by atoms with Gasteiger partial charge in [0.2, 0.25) is 0 Å². The fraction of sp³-hybridized carbons (Fsp3) is 0.500. The molecule has 1 aromatic rings. The number of aromatic nitrogens is 2. The molecule has 0 amide bonds. The molecule has 5 nitrogen and oxygen atoms in total. The van der Waals surface area contributed by atoms with Gasteiger partial charge in [0.05, 0.1) is 12.1 Å². The summed E-state index contributed by atoms with van der Waals surface area (Å²) >= 11 is 0.